The van der Waals surface area contributed by atoms with Gasteiger partial charge in [0.2, 0.25) is 0 Å². The Morgan fingerprint density at radius 1 is 0.766 bits per heavy atom. The molecular weight excluding hydrogens is 599 g/mol. The number of nitriles is 1. The average Bonchev–Trinajstić information content (AvgIpc) is 3.57. The monoisotopic (exact) mass is 633 g/mol. The van der Waals surface area contributed by atoms with Crippen molar-refractivity contribution in [3.63, 3.8) is 0 Å². The number of carbonyl (C=O) groups is 1. The molecule has 6 heteroatoms. The molecule has 0 bridgehead atoms. The lowest BCUT2D eigenvalue weighted by Crippen LogP contribution is -2.23. The van der Waals surface area contributed by atoms with Gasteiger partial charge in [0, 0.05) is 51.2 Å². The van der Waals surface area contributed by atoms with Crippen molar-refractivity contribution in [1.82, 2.24) is 0 Å². The van der Waals surface area contributed by atoms with Crippen molar-refractivity contribution >= 4 is 56.9 Å². The first-order valence-corrected chi connectivity index (χ1v) is 16.5. The highest BCUT2D eigenvalue weighted by Gasteiger charge is 2.19. The van der Waals surface area contributed by atoms with Crippen LogP contribution >= 0.6 is 11.3 Å². The number of para-hydroxylation sites is 1. The van der Waals surface area contributed by atoms with Crippen LogP contribution in [0.1, 0.15) is 24.3 Å². The molecule has 6 aromatic rings. The van der Waals surface area contributed by atoms with Crippen molar-refractivity contribution in [2.75, 3.05) is 22.9 Å². The fraction of sp³-hybridized carbons (Fsp3) is 0.122. The first-order valence-electron chi connectivity index (χ1n) is 15.7. The van der Waals surface area contributed by atoms with Gasteiger partial charge in [-0.05, 0) is 103 Å². The number of rotatable bonds is 10. The van der Waals surface area contributed by atoms with Crippen molar-refractivity contribution in [2.45, 2.75) is 20.8 Å². The summed E-state index contributed by atoms with van der Waals surface area (Å²) in [7, 11) is 0. The van der Waals surface area contributed by atoms with E-state index in [1.165, 1.54) is 39.4 Å². The third-order valence-electron chi connectivity index (χ3n) is 8.41. The second kappa shape index (κ2) is 13.8. The van der Waals surface area contributed by atoms with Gasteiger partial charge in [-0.15, -0.1) is 11.3 Å². The maximum Gasteiger partial charge on any atom is 0.346 e. The predicted octanol–water partition coefficient (Wildman–Crippen LogP) is 10.9. The number of hydrogen-bond donors (Lipinski definition) is 1. The van der Waals surface area contributed by atoms with Crippen LogP contribution in [0.4, 0.5) is 22.7 Å². The first-order chi connectivity index (χ1) is 22.9. The number of carboxylic acid groups (broad SMARTS) is 1. The number of aryl methyl sites for hydroxylation is 1. The molecule has 0 aliphatic carbocycles. The molecule has 1 heterocycles. The molecular formula is C41H35N3O2S. The summed E-state index contributed by atoms with van der Waals surface area (Å²) in [5.41, 5.74) is 8.71. The molecule has 0 aliphatic rings. The topological polar surface area (TPSA) is 67.6 Å². The van der Waals surface area contributed by atoms with Gasteiger partial charge >= 0.3 is 5.97 Å². The Morgan fingerprint density at radius 3 is 2.15 bits per heavy atom. The lowest BCUT2D eigenvalue weighted by Gasteiger charge is -2.30. The van der Waals surface area contributed by atoms with Gasteiger partial charge in [0.25, 0.3) is 0 Å². The summed E-state index contributed by atoms with van der Waals surface area (Å²) >= 11 is 1.47. The van der Waals surface area contributed by atoms with Crippen LogP contribution in [0.2, 0.25) is 0 Å². The van der Waals surface area contributed by atoms with E-state index in [2.05, 4.69) is 134 Å². The van der Waals surface area contributed by atoms with Crippen LogP contribution in [0.5, 0.6) is 0 Å². The maximum absolute atomic E-state index is 11.3. The third-order valence-corrected chi connectivity index (χ3v) is 9.50. The van der Waals surface area contributed by atoms with E-state index in [0.29, 0.717) is 0 Å². The molecule has 232 valence electrons. The Labute approximate surface area is 279 Å². The molecule has 0 saturated heterocycles. The molecule has 1 N–H and O–H groups in total. The van der Waals surface area contributed by atoms with Crippen molar-refractivity contribution in [3.05, 3.63) is 137 Å². The molecule has 6 rings (SSSR count). The number of benzene rings is 5. The van der Waals surface area contributed by atoms with E-state index in [9.17, 15) is 9.90 Å². The highest BCUT2D eigenvalue weighted by molar-refractivity contribution is 7.16. The molecule has 0 amide bonds. The number of carboxylic acids is 1. The fourth-order valence-electron chi connectivity index (χ4n) is 6.04. The molecule has 0 unspecified atom stereocenters. The summed E-state index contributed by atoms with van der Waals surface area (Å²) < 4.78 is 0. The van der Waals surface area contributed by atoms with Crippen LogP contribution in [-0.2, 0) is 4.79 Å². The van der Waals surface area contributed by atoms with Crippen LogP contribution in [0, 0.1) is 18.3 Å². The quantitative estimate of drug-likeness (QED) is 0.120. The minimum Gasteiger partial charge on any atom is -0.477 e. The predicted molar refractivity (Wildman–Crippen MR) is 197 cm³/mol. The lowest BCUT2D eigenvalue weighted by molar-refractivity contribution is -0.132. The first kappa shape index (κ1) is 31.3. The van der Waals surface area contributed by atoms with Crippen molar-refractivity contribution in [2.24, 2.45) is 0 Å². The molecule has 0 fully saturated rings. The Morgan fingerprint density at radius 2 is 1.45 bits per heavy atom. The molecule has 0 radical (unpaired) electrons. The zero-order valence-corrected chi connectivity index (χ0v) is 27.5. The number of hydrogen-bond acceptors (Lipinski definition) is 5. The van der Waals surface area contributed by atoms with E-state index in [4.69, 9.17) is 5.26 Å². The number of aliphatic carboxylic acids is 1. The lowest BCUT2D eigenvalue weighted by atomic mass is 9.95. The van der Waals surface area contributed by atoms with Gasteiger partial charge in [0.15, 0.2) is 0 Å². The second-order valence-corrected chi connectivity index (χ2v) is 12.4. The Bertz CT molecular complexity index is 2140. The molecule has 5 nitrogen and oxygen atoms in total. The number of fused-ring (bicyclic) bond motifs is 1. The van der Waals surface area contributed by atoms with E-state index < -0.39 is 5.97 Å². The van der Waals surface area contributed by atoms with E-state index in [0.717, 1.165) is 56.6 Å². The van der Waals surface area contributed by atoms with Crippen LogP contribution in [-0.4, -0.2) is 24.2 Å². The Kier molecular flexibility index (Phi) is 9.19. The fourth-order valence-corrected chi connectivity index (χ4v) is 6.99. The summed E-state index contributed by atoms with van der Waals surface area (Å²) in [5.74, 6) is -1.22. The van der Waals surface area contributed by atoms with Crippen LogP contribution in [0.25, 0.3) is 38.4 Å². The highest BCUT2D eigenvalue weighted by Crippen LogP contribution is 2.42. The van der Waals surface area contributed by atoms with Gasteiger partial charge in [0.05, 0.1) is 0 Å². The number of nitrogens with zero attached hydrogens (tertiary/aromatic N) is 3. The van der Waals surface area contributed by atoms with E-state index in [-0.39, 0.29) is 5.57 Å². The second-order valence-electron chi connectivity index (χ2n) is 11.3. The van der Waals surface area contributed by atoms with Gasteiger partial charge in [0.1, 0.15) is 11.6 Å². The molecule has 0 spiro atoms. The van der Waals surface area contributed by atoms with Crippen LogP contribution in [0.15, 0.2) is 127 Å². The molecule has 0 aliphatic heterocycles. The zero-order valence-electron chi connectivity index (χ0n) is 26.6. The van der Waals surface area contributed by atoms with Crippen LogP contribution < -0.4 is 9.80 Å². The smallest absolute Gasteiger partial charge is 0.346 e. The standard InChI is InChI=1S/C41H35N3O2S/c1-4-43(5-2)39-26-35(44(33-13-7-6-8-14-33)34-17-15-29-11-9-10-12-30(29)24-34)18-21-38(39)37-20-16-31(23-28(37)3)40-22-19-36(47-40)25-32(27-42)41(45)46/h6-26H,4-5H2,1-3H3,(H,45,46)/b32-25+. The maximum atomic E-state index is 11.3. The average molecular weight is 634 g/mol. The summed E-state index contributed by atoms with van der Waals surface area (Å²) in [6, 6.07) is 44.4. The molecule has 0 atom stereocenters. The summed E-state index contributed by atoms with van der Waals surface area (Å²) in [4.78, 5) is 17.8. The van der Waals surface area contributed by atoms with Crippen LogP contribution in [0.3, 0.4) is 0 Å². The van der Waals surface area contributed by atoms with Crippen molar-refractivity contribution in [1.29, 1.82) is 5.26 Å². The summed E-state index contributed by atoms with van der Waals surface area (Å²) in [6.45, 7) is 8.27. The van der Waals surface area contributed by atoms with Gasteiger partial charge < -0.3 is 14.9 Å². The third kappa shape index (κ3) is 6.53. The Hall–Kier alpha value is -5.64. The van der Waals surface area contributed by atoms with E-state index in [1.807, 2.05) is 18.2 Å². The molecule has 0 saturated carbocycles. The number of thiophene rings is 1. The Balaban J connectivity index is 1.43. The van der Waals surface area contributed by atoms with Gasteiger partial charge in [-0.3, -0.25) is 0 Å². The van der Waals surface area contributed by atoms with Crippen molar-refractivity contribution < 1.29 is 9.90 Å². The molecule has 5 aromatic carbocycles. The minimum absolute atomic E-state index is 0.274. The number of anilines is 4. The van der Waals surface area contributed by atoms with Gasteiger partial charge in [-0.1, -0.05) is 72.8 Å². The van der Waals surface area contributed by atoms with E-state index in [1.54, 1.807) is 6.07 Å². The largest absolute Gasteiger partial charge is 0.477 e. The molecule has 47 heavy (non-hydrogen) atoms. The normalized spacial score (nSPS) is 11.3. The van der Waals surface area contributed by atoms with Crippen molar-refractivity contribution in [3.8, 4) is 27.6 Å². The van der Waals surface area contributed by atoms with Gasteiger partial charge in [-0.2, -0.15) is 5.26 Å². The minimum atomic E-state index is -1.22. The van der Waals surface area contributed by atoms with Gasteiger partial charge in [-0.25, -0.2) is 4.79 Å². The SMILES string of the molecule is CCN(CC)c1cc(N(c2ccccc2)c2ccc3ccccc3c2)ccc1-c1ccc(-c2ccc(/C=C(\C#N)C(=O)O)s2)cc1C. The van der Waals surface area contributed by atoms with E-state index >= 15 is 0 Å². The molecule has 1 aromatic heterocycles. The summed E-state index contributed by atoms with van der Waals surface area (Å²) in [6.07, 6.45) is 1.42. The summed E-state index contributed by atoms with van der Waals surface area (Å²) in [5, 5.41) is 20.8. The zero-order chi connectivity index (χ0) is 32.9. The highest BCUT2D eigenvalue weighted by atomic mass is 32.1.